The van der Waals surface area contributed by atoms with Gasteiger partial charge in [-0.1, -0.05) is 32.0 Å². The van der Waals surface area contributed by atoms with Crippen LogP contribution in [-0.2, 0) is 14.9 Å². The van der Waals surface area contributed by atoms with Crippen molar-refractivity contribution >= 4 is 5.96 Å². The molecule has 0 amide bonds. The number of benzene rings is 1. The van der Waals surface area contributed by atoms with Gasteiger partial charge in [-0.05, 0) is 24.5 Å². The number of nitrogens with one attached hydrogen (secondary N) is 1. The largest absolute Gasteiger partial charge is 0.375 e. The van der Waals surface area contributed by atoms with Gasteiger partial charge in [0.1, 0.15) is 11.9 Å². The number of ether oxygens (including phenoxy) is 2. The van der Waals surface area contributed by atoms with E-state index in [0.29, 0.717) is 18.7 Å². The monoisotopic (exact) mass is 363 g/mol. The highest BCUT2D eigenvalue weighted by Gasteiger charge is 2.33. The van der Waals surface area contributed by atoms with E-state index in [9.17, 15) is 4.39 Å². The Morgan fingerprint density at radius 3 is 2.73 bits per heavy atom. The molecule has 0 saturated carbocycles. The van der Waals surface area contributed by atoms with E-state index in [1.165, 1.54) is 6.07 Å². The quantitative estimate of drug-likeness (QED) is 0.660. The van der Waals surface area contributed by atoms with Gasteiger partial charge in [-0.3, -0.25) is 4.99 Å². The van der Waals surface area contributed by atoms with Crippen LogP contribution in [0.3, 0.4) is 0 Å². The number of hydrogen-bond acceptors (Lipinski definition) is 3. The zero-order valence-corrected chi connectivity index (χ0v) is 16.0. The third-order valence-electron chi connectivity index (χ3n) is 5.28. The zero-order chi connectivity index (χ0) is 18.6. The van der Waals surface area contributed by atoms with Gasteiger partial charge in [0.25, 0.3) is 0 Å². The molecular formula is C20H30FN3O2. The first-order chi connectivity index (χ1) is 12.5. The second-order valence-corrected chi connectivity index (χ2v) is 7.67. The highest BCUT2D eigenvalue weighted by Crippen LogP contribution is 2.25. The van der Waals surface area contributed by atoms with E-state index >= 15 is 0 Å². The summed E-state index contributed by atoms with van der Waals surface area (Å²) < 4.78 is 25.9. The molecule has 2 heterocycles. The second-order valence-electron chi connectivity index (χ2n) is 7.67. The van der Waals surface area contributed by atoms with Crippen LogP contribution in [0.15, 0.2) is 29.3 Å². The van der Waals surface area contributed by atoms with Crippen LogP contribution in [0.1, 0.15) is 32.3 Å². The van der Waals surface area contributed by atoms with Crippen molar-refractivity contribution in [2.75, 3.05) is 39.9 Å². The molecule has 3 rings (SSSR count). The fraction of sp³-hybridized carbons (Fsp3) is 0.650. The van der Waals surface area contributed by atoms with Gasteiger partial charge in [-0.25, -0.2) is 4.39 Å². The van der Waals surface area contributed by atoms with E-state index in [1.807, 2.05) is 26.0 Å². The summed E-state index contributed by atoms with van der Waals surface area (Å²) in [5.74, 6) is 0.666. The van der Waals surface area contributed by atoms with Gasteiger partial charge < -0.3 is 19.7 Å². The molecule has 6 heteroatoms. The summed E-state index contributed by atoms with van der Waals surface area (Å²) in [6.07, 6.45) is 2.44. The number of aliphatic imine (C=N–C) groups is 1. The predicted octanol–water partition coefficient (Wildman–Crippen LogP) is 2.56. The Bertz CT molecular complexity index is 629. The van der Waals surface area contributed by atoms with E-state index < -0.39 is 0 Å². The molecule has 0 aromatic heterocycles. The maximum absolute atomic E-state index is 14.2. The van der Waals surface area contributed by atoms with Crippen LogP contribution in [0.4, 0.5) is 4.39 Å². The van der Waals surface area contributed by atoms with Gasteiger partial charge in [0.2, 0.25) is 0 Å². The summed E-state index contributed by atoms with van der Waals surface area (Å²) in [6, 6.07) is 6.96. The lowest BCUT2D eigenvalue weighted by Crippen LogP contribution is -2.54. The first kappa shape index (κ1) is 19.1. The predicted molar refractivity (Wildman–Crippen MR) is 101 cm³/mol. The third kappa shape index (κ3) is 4.35. The summed E-state index contributed by atoms with van der Waals surface area (Å²) >= 11 is 0. The van der Waals surface area contributed by atoms with Crippen molar-refractivity contribution in [2.24, 2.45) is 4.99 Å². The maximum Gasteiger partial charge on any atom is 0.193 e. The Hall–Kier alpha value is -1.66. The molecule has 0 spiro atoms. The Kier molecular flexibility index (Phi) is 6.14. The first-order valence-corrected chi connectivity index (χ1v) is 9.45. The fourth-order valence-electron chi connectivity index (χ4n) is 3.73. The van der Waals surface area contributed by atoms with Crippen LogP contribution in [0.25, 0.3) is 0 Å². The summed E-state index contributed by atoms with van der Waals surface area (Å²) in [7, 11) is 1.79. The highest BCUT2D eigenvalue weighted by atomic mass is 19.1. The molecule has 5 nitrogen and oxygen atoms in total. The molecule has 2 aliphatic heterocycles. The molecule has 2 unspecified atom stereocenters. The average molecular weight is 363 g/mol. The van der Waals surface area contributed by atoms with E-state index in [-0.39, 0.29) is 23.4 Å². The fourth-order valence-corrected chi connectivity index (χ4v) is 3.73. The van der Waals surface area contributed by atoms with E-state index in [1.54, 1.807) is 13.1 Å². The van der Waals surface area contributed by atoms with E-state index in [4.69, 9.17) is 9.47 Å². The molecule has 2 fully saturated rings. The smallest absolute Gasteiger partial charge is 0.193 e. The maximum atomic E-state index is 14.2. The molecule has 144 valence electrons. The van der Waals surface area contributed by atoms with Crippen molar-refractivity contribution in [3.05, 3.63) is 35.6 Å². The van der Waals surface area contributed by atoms with Crippen molar-refractivity contribution in [1.82, 2.24) is 10.2 Å². The van der Waals surface area contributed by atoms with Gasteiger partial charge in [0.15, 0.2) is 5.96 Å². The summed E-state index contributed by atoms with van der Waals surface area (Å²) in [6.45, 7) is 7.74. The van der Waals surface area contributed by atoms with Gasteiger partial charge >= 0.3 is 0 Å². The average Bonchev–Trinajstić information content (AvgIpc) is 3.17. The summed E-state index contributed by atoms with van der Waals surface area (Å²) in [5.41, 5.74) is 0.365. The van der Waals surface area contributed by atoms with Crippen molar-refractivity contribution in [2.45, 2.75) is 44.3 Å². The van der Waals surface area contributed by atoms with Crippen LogP contribution in [0.2, 0.25) is 0 Å². The Labute approximate surface area is 155 Å². The molecule has 0 aliphatic carbocycles. The molecule has 0 bridgehead atoms. The van der Waals surface area contributed by atoms with Gasteiger partial charge in [0.05, 0.1) is 12.7 Å². The van der Waals surface area contributed by atoms with E-state index in [0.717, 1.165) is 38.5 Å². The lowest BCUT2D eigenvalue weighted by molar-refractivity contribution is -0.0817. The zero-order valence-electron chi connectivity index (χ0n) is 16.0. The normalized spacial score (nSPS) is 24.8. The van der Waals surface area contributed by atoms with Crippen molar-refractivity contribution < 1.29 is 13.9 Å². The van der Waals surface area contributed by atoms with Crippen molar-refractivity contribution in [3.63, 3.8) is 0 Å². The lowest BCUT2D eigenvalue weighted by Gasteiger charge is -2.38. The standard InChI is InChI=1S/C20H30FN3O2/c1-20(2,15-7-4-5-8-16(15)21)14-23-19(22-3)24-10-12-26-18(13-24)17-9-6-11-25-17/h4-5,7-8,17-18H,6,9-14H2,1-3H3,(H,22,23). The number of hydrogen-bond donors (Lipinski definition) is 1. The number of rotatable bonds is 4. The SMILES string of the molecule is CN=C(NCC(C)(C)c1ccccc1F)N1CCOC(C2CCCO2)C1. The molecule has 1 aromatic rings. The molecule has 0 radical (unpaired) electrons. The van der Waals surface area contributed by atoms with Gasteiger partial charge in [-0.2, -0.15) is 0 Å². The Morgan fingerprint density at radius 1 is 1.27 bits per heavy atom. The van der Waals surface area contributed by atoms with Crippen molar-refractivity contribution in [3.8, 4) is 0 Å². The van der Waals surface area contributed by atoms with Crippen LogP contribution < -0.4 is 5.32 Å². The summed E-state index contributed by atoms with van der Waals surface area (Å²) in [4.78, 5) is 6.65. The van der Waals surface area contributed by atoms with Gasteiger partial charge in [-0.15, -0.1) is 0 Å². The molecule has 26 heavy (non-hydrogen) atoms. The van der Waals surface area contributed by atoms with Gasteiger partial charge in [0, 0.05) is 38.7 Å². The highest BCUT2D eigenvalue weighted by molar-refractivity contribution is 5.80. The minimum absolute atomic E-state index is 0.0874. The molecule has 2 saturated heterocycles. The Balaban J connectivity index is 1.61. The third-order valence-corrected chi connectivity index (χ3v) is 5.28. The molecular weight excluding hydrogens is 333 g/mol. The van der Waals surface area contributed by atoms with Crippen LogP contribution in [0.5, 0.6) is 0 Å². The Morgan fingerprint density at radius 2 is 2.04 bits per heavy atom. The summed E-state index contributed by atoms with van der Waals surface area (Å²) in [5, 5.41) is 3.43. The molecule has 1 aromatic carbocycles. The number of guanidine groups is 1. The van der Waals surface area contributed by atoms with Crippen molar-refractivity contribution in [1.29, 1.82) is 0 Å². The molecule has 2 aliphatic rings. The minimum Gasteiger partial charge on any atom is -0.375 e. The topological polar surface area (TPSA) is 46.1 Å². The molecule has 2 atom stereocenters. The van der Waals surface area contributed by atoms with Crippen LogP contribution >= 0.6 is 0 Å². The lowest BCUT2D eigenvalue weighted by atomic mass is 9.84. The second kappa shape index (κ2) is 8.35. The van der Waals surface area contributed by atoms with Crippen LogP contribution in [0, 0.1) is 5.82 Å². The minimum atomic E-state index is -0.346. The van der Waals surface area contributed by atoms with Crippen LogP contribution in [-0.4, -0.2) is 63.0 Å². The number of halogens is 1. The number of morpholine rings is 1. The van der Waals surface area contributed by atoms with E-state index in [2.05, 4.69) is 15.2 Å². The number of nitrogens with zero attached hydrogens (tertiary/aromatic N) is 2. The first-order valence-electron chi connectivity index (χ1n) is 9.45. The molecule has 1 N–H and O–H groups in total.